The molecule has 20 heavy (non-hydrogen) atoms. The molecule has 0 nitrogen and oxygen atoms in total. The molecule has 2 aromatic carbocycles. The van der Waals surface area contributed by atoms with Crippen LogP contribution in [-0.2, 0) is 0 Å². The van der Waals surface area contributed by atoms with E-state index in [1.54, 1.807) is 0 Å². The van der Waals surface area contributed by atoms with Crippen LogP contribution >= 0.6 is 0 Å². The number of benzene rings is 2. The third kappa shape index (κ3) is 6.66. The third-order valence-corrected chi connectivity index (χ3v) is 6.99. The summed E-state index contributed by atoms with van der Waals surface area (Å²) in [6.07, 6.45) is 5.66. The first-order valence-electron chi connectivity index (χ1n) is 5.60. The Morgan fingerprint density at radius 2 is 1.05 bits per heavy atom. The molecule has 0 atom stereocenters. The summed E-state index contributed by atoms with van der Waals surface area (Å²) in [6.45, 7) is 0. The normalized spacial score (nSPS) is 10.4. The van der Waals surface area contributed by atoms with Crippen molar-refractivity contribution in [3.05, 3.63) is 60.7 Å². The van der Waals surface area contributed by atoms with E-state index < -0.39 is 26.8 Å². The molecule has 0 bridgehead atoms. The van der Waals surface area contributed by atoms with Crippen molar-refractivity contribution < 1.29 is 17.3 Å². The minimum absolute atomic E-state index is 1.34. The average molecular weight is 394 g/mol. The number of hydrogen-bond donors (Lipinski definition) is 0. The molecule has 0 spiro atoms. The van der Waals surface area contributed by atoms with Crippen LogP contribution in [0.1, 0.15) is 0 Å². The largest absolute Gasteiger partial charge is 0.673 e. The molecule has 0 heterocycles. The van der Waals surface area contributed by atoms with E-state index in [1.165, 1.54) is 7.22 Å². The van der Waals surface area contributed by atoms with Gasteiger partial charge in [-0.25, -0.2) is 0 Å². The van der Waals surface area contributed by atoms with Gasteiger partial charge in [0.25, 0.3) is 0 Å². The van der Waals surface area contributed by atoms with E-state index in [9.17, 15) is 17.3 Å². The molecule has 0 N–H and O–H groups in total. The fourth-order valence-electron chi connectivity index (χ4n) is 1.39. The predicted octanol–water partition coefficient (Wildman–Crippen LogP) is 2.77. The fraction of sp³-hybridized carbons (Fsp3) is 0. The van der Waals surface area contributed by atoms with E-state index in [2.05, 4.69) is 52.5 Å². The van der Waals surface area contributed by atoms with Gasteiger partial charge >= 0.3 is 105 Å². The van der Waals surface area contributed by atoms with Crippen LogP contribution in [0.2, 0.25) is 0 Å². The molecule has 0 saturated carbocycles. The molecule has 2 aromatic rings. The molecule has 2 rings (SSSR count). The van der Waals surface area contributed by atoms with Gasteiger partial charge in [-0.05, 0) is 0 Å². The molecule has 0 radical (unpaired) electrons. The Hall–Kier alpha value is -1.43. The molecule has 0 unspecified atom stereocenters. The van der Waals surface area contributed by atoms with E-state index in [0.29, 0.717) is 0 Å². The van der Waals surface area contributed by atoms with Crippen LogP contribution < -0.4 is 7.22 Å². The number of hydrogen-bond acceptors (Lipinski definition) is 0. The van der Waals surface area contributed by atoms with Crippen LogP contribution in [0.4, 0.5) is 17.3 Å². The Kier molecular flexibility index (Phi) is 6.65. The van der Waals surface area contributed by atoms with E-state index >= 15 is 0 Å². The molecule has 6 heteroatoms. The first kappa shape index (κ1) is 16.6. The van der Waals surface area contributed by atoms with Gasteiger partial charge in [0.05, 0.1) is 0 Å². The van der Waals surface area contributed by atoms with Gasteiger partial charge in [-0.2, -0.15) is 0 Å². The fourth-order valence-corrected chi connectivity index (χ4v) is 5.39. The van der Waals surface area contributed by atoms with Crippen molar-refractivity contribution in [2.75, 3.05) is 0 Å². The zero-order valence-corrected chi connectivity index (χ0v) is 12.7. The Morgan fingerprint density at radius 3 is 1.30 bits per heavy atom. The predicted molar refractivity (Wildman–Crippen MR) is 76.9 cm³/mol. The summed E-state index contributed by atoms with van der Waals surface area (Å²) in [5.74, 6) is 0. The van der Waals surface area contributed by atoms with Crippen molar-refractivity contribution in [3.63, 3.8) is 0 Å². The van der Waals surface area contributed by atoms with Crippen molar-refractivity contribution in [1.82, 2.24) is 0 Å². The Bertz CT molecular complexity index is 503. The summed E-state index contributed by atoms with van der Waals surface area (Å²) in [6, 6.07) is 20.9. The van der Waals surface area contributed by atoms with Crippen molar-refractivity contribution in [2.24, 2.45) is 0 Å². The second-order valence-electron chi connectivity index (χ2n) is 3.55. The van der Waals surface area contributed by atoms with Gasteiger partial charge in [0.1, 0.15) is 0 Å². The average Bonchev–Trinajstić information content (AvgIpc) is 2.40. The monoisotopic (exact) mass is 396 g/mol. The minimum atomic E-state index is -6.00. The maximum atomic E-state index is 9.75. The molecular weight excluding hydrogens is 383 g/mol. The second-order valence-corrected chi connectivity index (χ2v) is 8.66. The zero-order valence-electron chi connectivity index (χ0n) is 10.3. The smallest absolute Gasteiger partial charge is 0.418 e. The standard InChI is InChI=1S/C14H11Te.BF4/c1-2-15(13-9-5-3-6-10-13)14-11-7-4-8-12-14;2-1(3,4)5/h1,3-12H;/q+1;-1. The third-order valence-electron chi connectivity index (χ3n) is 2.08. The number of terminal acetylenes is 1. The number of rotatable bonds is 2. The van der Waals surface area contributed by atoms with E-state index in [0.717, 1.165) is 0 Å². The summed E-state index contributed by atoms with van der Waals surface area (Å²) >= 11 is -1.73. The maximum absolute atomic E-state index is 9.75. The summed E-state index contributed by atoms with van der Waals surface area (Å²) < 4.78 is 44.7. The quantitative estimate of drug-likeness (QED) is 0.418. The zero-order chi connectivity index (χ0) is 15.0. The molecule has 0 aliphatic heterocycles. The van der Waals surface area contributed by atoms with E-state index in [1.807, 2.05) is 12.1 Å². The van der Waals surface area contributed by atoms with Crippen molar-refractivity contribution >= 4 is 34.0 Å². The van der Waals surface area contributed by atoms with Gasteiger partial charge < -0.3 is 17.3 Å². The van der Waals surface area contributed by atoms with Gasteiger partial charge in [-0.3, -0.25) is 0 Å². The number of halogens is 4. The SMILES string of the molecule is C#C[Te+](c1ccccc1)c1ccccc1.F[B-](F)(F)F. The molecule has 104 valence electrons. The molecule has 0 aromatic heterocycles. The topological polar surface area (TPSA) is 0 Å². The minimum Gasteiger partial charge on any atom is -0.418 e. The van der Waals surface area contributed by atoms with Crippen molar-refractivity contribution in [1.29, 1.82) is 0 Å². The molecule has 0 amide bonds. The van der Waals surface area contributed by atoms with Gasteiger partial charge in [0.2, 0.25) is 0 Å². The Labute approximate surface area is 122 Å². The van der Waals surface area contributed by atoms with Gasteiger partial charge in [0.15, 0.2) is 0 Å². The van der Waals surface area contributed by atoms with Crippen molar-refractivity contribution in [3.8, 4) is 10.4 Å². The van der Waals surface area contributed by atoms with E-state index in [-0.39, 0.29) is 0 Å². The van der Waals surface area contributed by atoms with Gasteiger partial charge in [0, 0.05) is 0 Å². The first-order chi connectivity index (χ1) is 9.42. The second kappa shape index (κ2) is 7.99. The van der Waals surface area contributed by atoms with Crippen LogP contribution in [0.15, 0.2) is 60.7 Å². The molecular formula is C14H11BF4Te. The molecule has 0 saturated heterocycles. The Balaban J connectivity index is 0.000000347. The summed E-state index contributed by atoms with van der Waals surface area (Å²) in [4.78, 5) is 0. The van der Waals surface area contributed by atoms with Crippen LogP contribution in [0.25, 0.3) is 0 Å². The molecule has 0 fully saturated rings. The van der Waals surface area contributed by atoms with Crippen molar-refractivity contribution in [2.45, 2.75) is 0 Å². The summed E-state index contributed by atoms with van der Waals surface area (Å²) in [5, 5.41) is 0. The van der Waals surface area contributed by atoms with Crippen LogP contribution in [-0.4, -0.2) is 26.8 Å². The maximum Gasteiger partial charge on any atom is 0.673 e. The Morgan fingerprint density at radius 1 is 0.750 bits per heavy atom. The summed E-state index contributed by atoms with van der Waals surface area (Å²) in [7, 11) is -6.00. The van der Waals surface area contributed by atoms with Crippen LogP contribution in [0.3, 0.4) is 0 Å². The molecule has 0 aliphatic rings. The molecule has 0 aliphatic carbocycles. The van der Waals surface area contributed by atoms with Gasteiger partial charge in [-0.15, -0.1) is 0 Å². The van der Waals surface area contributed by atoms with E-state index in [4.69, 9.17) is 6.42 Å². The van der Waals surface area contributed by atoms with Crippen LogP contribution in [0.5, 0.6) is 0 Å². The van der Waals surface area contributed by atoms with Gasteiger partial charge in [-0.1, -0.05) is 0 Å². The summed E-state index contributed by atoms with van der Waals surface area (Å²) in [5.41, 5.74) is 0. The first-order valence-corrected chi connectivity index (χ1v) is 9.09. The van der Waals surface area contributed by atoms with Crippen LogP contribution in [0, 0.1) is 10.4 Å².